The second-order valence-electron chi connectivity index (χ2n) is 12.4. The van der Waals surface area contributed by atoms with Gasteiger partial charge in [0.15, 0.2) is 0 Å². The number of nitrogens with one attached hydrogen (secondary N) is 1. The van der Waals surface area contributed by atoms with E-state index in [4.69, 9.17) is 9.72 Å². The number of nitrogens with zero attached hydrogens (tertiary/aromatic N) is 3. The van der Waals surface area contributed by atoms with Gasteiger partial charge in [-0.25, -0.2) is 9.78 Å². The molecule has 7 heteroatoms. The molecule has 39 heavy (non-hydrogen) atoms. The second-order valence-corrected chi connectivity index (χ2v) is 12.4. The minimum atomic E-state index is -0.451. The van der Waals surface area contributed by atoms with E-state index < -0.39 is 6.04 Å². The van der Waals surface area contributed by atoms with Crippen LogP contribution in [0.4, 0.5) is 4.79 Å². The predicted octanol–water partition coefficient (Wildman–Crippen LogP) is 5.69. The lowest BCUT2D eigenvalue weighted by Crippen LogP contribution is -2.62. The molecule has 4 fully saturated rings. The molecule has 1 N–H and O–H groups in total. The fraction of sp³-hybridized carbons (Fsp3) is 0.531. The molecule has 0 aliphatic heterocycles. The zero-order valence-corrected chi connectivity index (χ0v) is 23.6. The first-order valence-electron chi connectivity index (χ1n) is 14.4. The quantitative estimate of drug-likeness (QED) is 0.427. The van der Waals surface area contributed by atoms with Gasteiger partial charge in [-0.3, -0.25) is 9.36 Å². The molecule has 2 amide bonds. The maximum atomic E-state index is 14.1. The Bertz CT molecular complexity index is 1430. The Balaban J connectivity index is 1.40. The number of carbonyl (C=O) groups is 1. The van der Waals surface area contributed by atoms with Gasteiger partial charge in [0.25, 0.3) is 5.56 Å². The normalized spacial score (nSPS) is 26.1. The van der Waals surface area contributed by atoms with Crippen LogP contribution >= 0.6 is 0 Å². The van der Waals surface area contributed by atoms with Crippen molar-refractivity contribution in [2.45, 2.75) is 70.9 Å². The van der Waals surface area contributed by atoms with Crippen LogP contribution in [0.15, 0.2) is 47.3 Å². The molecule has 7 nitrogen and oxygen atoms in total. The van der Waals surface area contributed by atoms with Crippen molar-refractivity contribution in [3.8, 4) is 5.69 Å². The highest BCUT2D eigenvalue weighted by Gasteiger charge is 2.52. The minimum Gasteiger partial charge on any atom is -0.383 e. The van der Waals surface area contributed by atoms with E-state index in [9.17, 15) is 9.59 Å². The third-order valence-electron chi connectivity index (χ3n) is 9.60. The standard InChI is InChI=1S/C32H40N4O3/c1-20-9-10-26(13-21(20)2)36-29(33-28-8-6-5-7-27(28)30(36)37)22(3)35(11-12-39-4)31(38)34-32-17-23-14-24(18-32)16-25(15-23)19-32/h5-10,13,22-25H,11-12,14-19H2,1-4H3,(H,34,38). The van der Waals surface area contributed by atoms with Gasteiger partial charge >= 0.3 is 6.03 Å². The van der Waals surface area contributed by atoms with E-state index in [0.717, 1.165) is 53.8 Å². The monoisotopic (exact) mass is 528 g/mol. The Morgan fingerprint density at radius 1 is 1.08 bits per heavy atom. The third-order valence-corrected chi connectivity index (χ3v) is 9.60. The molecular formula is C32H40N4O3. The summed E-state index contributed by atoms with van der Waals surface area (Å²) in [6.45, 7) is 6.89. The summed E-state index contributed by atoms with van der Waals surface area (Å²) >= 11 is 0. The number of carbonyl (C=O) groups excluding carboxylic acids is 1. The molecule has 4 saturated carbocycles. The molecule has 0 spiro atoms. The molecule has 1 atom stereocenters. The Hall–Kier alpha value is -3.19. The Morgan fingerprint density at radius 2 is 1.74 bits per heavy atom. The van der Waals surface area contributed by atoms with E-state index in [1.54, 1.807) is 11.7 Å². The smallest absolute Gasteiger partial charge is 0.318 e. The van der Waals surface area contributed by atoms with Gasteiger partial charge in [0.1, 0.15) is 5.82 Å². The molecule has 1 heterocycles. The van der Waals surface area contributed by atoms with Crippen LogP contribution in [0.3, 0.4) is 0 Å². The van der Waals surface area contributed by atoms with Crippen LogP contribution in [0, 0.1) is 31.6 Å². The fourth-order valence-electron chi connectivity index (χ4n) is 7.91. The Kier molecular flexibility index (Phi) is 6.74. The summed E-state index contributed by atoms with van der Waals surface area (Å²) in [7, 11) is 1.65. The number of fused-ring (bicyclic) bond motifs is 1. The van der Waals surface area contributed by atoms with Gasteiger partial charge in [-0.2, -0.15) is 0 Å². The van der Waals surface area contributed by atoms with Crippen LogP contribution in [0.5, 0.6) is 0 Å². The van der Waals surface area contributed by atoms with Crippen molar-refractivity contribution in [1.82, 2.24) is 19.8 Å². The first-order chi connectivity index (χ1) is 18.8. The van der Waals surface area contributed by atoms with Crippen molar-refractivity contribution in [3.63, 3.8) is 0 Å². The van der Waals surface area contributed by atoms with Crippen LogP contribution in [0.1, 0.15) is 68.4 Å². The Labute approximate surface area is 230 Å². The molecular weight excluding hydrogens is 488 g/mol. The molecule has 1 unspecified atom stereocenters. The minimum absolute atomic E-state index is 0.0875. The van der Waals surface area contributed by atoms with Crippen molar-refractivity contribution < 1.29 is 9.53 Å². The van der Waals surface area contributed by atoms with E-state index in [1.807, 2.05) is 61.2 Å². The average Bonchev–Trinajstić information content (AvgIpc) is 2.89. The summed E-state index contributed by atoms with van der Waals surface area (Å²) in [6.07, 6.45) is 7.21. The van der Waals surface area contributed by atoms with Crippen LogP contribution in [0.2, 0.25) is 0 Å². The number of aryl methyl sites for hydroxylation is 2. The van der Waals surface area contributed by atoms with Gasteiger partial charge in [-0.05, 0) is 112 Å². The molecule has 4 aliphatic rings. The maximum absolute atomic E-state index is 14.1. The lowest BCUT2D eigenvalue weighted by Gasteiger charge is -2.57. The van der Waals surface area contributed by atoms with Gasteiger partial charge in [-0.1, -0.05) is 18.2 Å². The topological polar surface area (TPSA) is 76.5 Å². The molecule has 7 rings (SSSR count). The lowest BCUT2D eigenvalue weighted by atomic mass is 9.53. The fourth-order valence-corrected chi connectivity index (χ4v) is 7.91. The van der Waals surface area contributed by atoms with Crippen molar-refractivity contribution in [2.75, 3.05) is 20.3 Å². The van der Waals surface area contributed by atoms with E-state index in [-0.39, 0.29) is 17.1 Å². The van der Waals surface area contributed by atoms with Crippen LogP contribution < -0.4 is 10.9 Å². The number of hydrogen-bond acceptors (Lipinski definition) is 4. The van der Waals surface area contributed by atoms with Crippen molar-refractivity contribution in [2.24, 2.45) is 17.8 Å². The highest BCUT2D eigenvalue weighted by Crippen LogP contribution is 2.55. The number of benzene rings is 2. The number of rotatable bonds is 7. The largest absolute Gasteiger partial charge is 0.383 e. The molecule has 3 aromatic rings. The number of urea groups is 1. The molecule has 206 valence electrons. The highest BCUT2D eigenvalue weighted by molar-refractivity contribution is 5.78. The number of amides is 2. The van der Waals surface area contributed by atoms with Crippen LogP contribution in [-0.4, -0.2) is 46.3 Å². The molecule has 1 aromatic heterocycles. The molecule has 0 radical (unpaired) electrons. The Morgan fingerprint density at radius 3 is 2.38 bits per heavy atom. The van der Waals surface area contributed by atoms with E-state index in [2.05, 4.69) is 12.2 Å². The van der Waals surface area contributed by atoms with Gasteiger partial charge in [0, 0.05) is 19.2 Å². The zero-order chi connectivity index (χ0) is 27.3. The first-order valence-corrected chi connectivity index (χ1v) is 14.4. The number of aromatic nitrogens is 2. The van der Waals surface area contributed by atoms with Crippen LogP contribution in [-0.2, 0) is 4.74 Å². The van der Waals surface area contributed by atoms with Gasteiger partial charge in [0.05, 0.1) is 29.2 Å². The average molecular weight is 529 g/mol. The highest BCUT2D eigenvalue weighted by atomic mass is 16.5. The SMILES string of the molecule is COCCN(C(=O)NC12CC3CC(CC(C3)C1)C2)C(C)c1nc2ccccc2c(=O)n1-c1ccc(C)c(C)c1. The summed E-state index contributed by atoms with van der Waals surface area (Å²) in [5.41, 5.74) is 3.42. The first kappa shape index (κ1) is 26.1. The number of para-hydroxylation sites is 1. The zero-order valence-electron chi connectivity index (χ0n) is 23.6. The number of hydrogen-bond donors (Lipinski definition) is 1. The van der Waals surface area contributed by atoms with Crippen molar-refractivity contribution in [1.29, 1.82) is 0 Å². The van der Waals surface area contributed by atoms with Crippen LogP contribution in [0.25, 0.3) is 16.6 Å². The molecule has 2 aromatic carbocycles. The van der Waals surface area contributed by atoms with Crippen molar-refractivity contribution >= 4 is 16.9 Å². The number of ether oxygens (including phenoxy) is 1. The molecule has 4 bridgehead atoms. The van der Waals surface area contributed by atoms with E-state index in [1.165, 1.54) is 19.3 Å². The summed E-state index contributed by atoms with van der Waals surface area (Å²) in [5.74, 6) is 2.76. The van der Waals surface area contributed by atoms with Gasteiger partial charge in [0.2, 0.25) is 0 Å². The molecule has 4 aliphatic carbocycles. The summed E-state index contributed by atoms with van der Waals surface area (Å²) in [6, 6.07) is 12.9. The van der Waals surface area contributed by atoms with E-state index >= 15 is 0 Å². The summed E-state index contributed by atoms with van der Waals surface area (Å²) < 4.78 is 7.12. The lowest BCUT2D eigenvalue weighted by molar-refractivity contribution is -0.0168. The van der Waals surface area contributed by atoms with Gasteiger partial charge < -0.3 is 15.0 Å². The van der Waals surface area contributed by atoms with E-state index in [0.29, 0.717) is 29.9 Å². The number of methoxy groups -OCH3 is 1. The van der Waals surface area contributed by atoms with Crippen molar-refractivity contribution in [3.05, 3.63) is 69.8 Å². The molecule has 0 saturated heterocycles. The predicted molar refractivity (Wildman–Crippen MR) is 153 cm³/mol. The second kappa shape index (κ2) is 10.1. The van der Waals surface area contributed by atoms with Gasteiger partial charge in [-0.15, -0.1) is 0 Å². The third kappa shape index (κ3) is 4.75. The maximum Gasteiger partial charge on any atom is 0.318 e. The summed E-state index contributed by atoms with van der Waals surface area (Å²) in [4.78, 5) is 34.8. The summed E-state index contributed by atoms with van der Waals surface area (Å²) in [5, 5.41) is 4.09.